The molecule has 0 bridgehead atoms. The van der Waals surface area contributed by atoms with Crippen molar-refractivity contribution in [1.29, 1.82) is 0 Å². The molecule has 0 saturated heterocycles. The molecule has 3 heteroatoms. The van der Waals surface area contributed by atoms with Gasteiger partial charge in [0.05, 0.1) is 11.1 Å². The quantitative estimate of drug-likeness (QED) is 0.802. The average Bonchev–Trinajstić information content (AvgIpc) is 3.01. The summed E-state index contributed by atoms with van der Waals surface area (Å²) in [7, 11) is 0. The molecule has 0 saturated carbocycles. The Kier molecular flexibility index (Phi) is 2.18. The van der Waals surface area contributed by atoms with Gasteiger partial charge in [-0.1, -0.05) is 48.6 Å². The van der Waals surface area contributed by atoms with Crippen molar-refractivity contribution in [3.05, 3.63) is 76.4 Å². The van der Waals surface area contributed by atoms with Crippen LogP contribution in [0.15, 0.2) is 48.5 Å². The fourth-order valence-electron chi connectivity index (χ4n) is 3.03. The molecule has 96 valence electrons. The molecular weight excluding hydrogens is 250 g/mol. The first-order chi connectivity index (χ1) is 9.75. The lowest BCUT2D eigenvalue weighted by molar-refractivity contribution is 0.0879. The number of carbonyl (C=O) groups is 2. The maximum Gasteiger partial charge on any atom is 0.259 e. The number of rotatable bonds is 1. The van der Waals surface area contributed by atoms with E-state index in [2.05, 4.69) is 29.6 Å². The van der Waals surface area contributed by atoms with Crippen LogP contribution in [0.4, 0.5) is 0 Å². The van der Waals surface area contributed by atoms with Gasteiger partial charge >= 0.3 is 0 Å². The number of hydrogen-bond donors (Lipinski definition) is 1. The molecule has 2 amide bonds. The molecule has 2 aromatic rings. The minimum Gasteiger partial charge on any atom is -0.288 e. The van der Waals surface area contributed by atoms with Crippen molar-refractivity contribution in [2.45, 2.75) is 5.92 Å². The van der Waals surface area contributed by atoms with E-state index in [1.165, 1.54) is 11.1 Å². The summed E-state index contributed by atoms with van der Waals surface area (Å²) in [6, 6.07) is 13.6. The van der Waals surface area contributed by atoms with Gasteiger partial charge in [-0.05, 0) is 22.8 Å². The molecule has 1 atom stereocenters. The molecule has 1 unspecified atom stereocenters. The Labute approximate surface area is 115 Å². The van der Waals surface area contributed by atoms with Crippen LogP contribution in [0.3, 0.4) is 0 Å². The van der Waals surface area contributed by atoms with E-state index in [0.29, 0.717) is 11.1 Å². The number of nitrogens with one attached hydrogen (secondary N) is 1. The summed E-state index contributed by atoms with van der Waals surface area (Å²) in [4.78, 5) is 23.7. The van der Waals surface area contributed by atoms with Gasteiger partial charge in [0.15, 0.2) is 0 Å². The molecule has 0 aromatic heterocycles. The summed E-state index contributed by atoms with van der Waals surface area (Å²) in [5.41, 5.74) is 4.23. The average molecular weight is 261 g/mol. The van der Waals surface area contributed by atoms with Crippen molar-refractivity contribution < 1.29 is 9.59 Å². The van der Waals surface area contributed by atoms with Crippen LogP contribution in [0.1, 0.15) is 43.3 Å². The molecule has 20 heavy (non-hydrogen) atoms. The Bertz CT molecular complexity index is 789. The van der Waals surface area contributed by atoms with Gasteiger partial charge in [0.1, 0.15) is 0 Å². The lowest BCUT2D eigenvalue weighted by Gasteiger charge is -2.14. The second-order valence-corrected chi connectivity index (χ2v) is 5.02. The number of hydrogen-bond acceptors (Lipinski definition) is 2. The molecule has 1 aliphatic carbocycles. The fourth-order valence-corrected chi connectivity index (χ4v) is 3.03. The van der Waals surface area contributed by atoms with Crippen LogP contribution in [0.25, 0.3) is 6.08 Å². The lowest BCUT2D eigenvalue weighted by Crippen LogP contribution is -2.20. The van der Waals surface area contributed by atoms with E-state index in [4.69, 9.17) is 0 Å². The molecule has 1 heterocycles. The smallest absolute Gasteiger partial charge is 0.259 e. The van der Waals surface area contributed by atoms with Crippen molar-refractivity contribution >= 4 is 17.9 Å². The monoisotopic (exact) mass is 261 g/mol. The van der Waals surface area contributed by atoms with Crippen LogP contribution in [-0.4, -0.2) is 11.8 Å². The second kappa shape index (κ2) is 3.90. The summed E-state index contributed by atoms with van der Waals surface area (Å²) in [6.45, 7) is 0. The third kappa shape index (κ3) is 1.40. The van der Waals surface area contributed by atoms with Crippen molar-refractivity contribution in [3.8, 4) is 0 Å². The molecule has 1 aliphatic heterocycles. The lowest BCUT2D eigenvalue weighted by atomic mass is 9.88. The van der Waals surface area contributed by atoms with Crippen LogP contribution in [0, 0.1) is 0 Å². The largest absolute Gasteiger partial charge is 0.288 e. The van der Waals surface area contributed by atoms with Gasteiger partial charge in [-0.15, -0.1) is 0 Å². The van der Waals surface area contributed by atoms with Crippen LogP contribution in [-0.2, 0) is 0 Å². The van der Waals surface area contributed by atoms with Gasteiger partial charge in [-0.2, -0.15) is 0 Å². The Morgan fingerprint density at radius 2 is 1.65 bits per heavy atom. The number of carbonyl (C=O) groups excluding carboxylic acids is 2. The molecule has 2 aromatic carbocycles. The minimum absolute atomic E-state index is 0.0396. The highest BCUT2D eigenvalue weighted by molar-refractivity contribution is 6.22. The molecule has 1 N–H and O–H groups in total. The van der Waals surface area contributed by atoms with E-state index in [1.54, 1.807) is 6.07 Å². The Balaban J connectivity index is 1.93. The van der Waals surface area contributed by atoms with Crippen LogP contribution < -0.4 is 5.32 Å². The number of benzene rings is 2. The molecular formula is C17H11NO2. The van der Waals surface area contributed by atoms with Gasteiger partial charge < -0.3 is 0 Å². The molecule has 3 nitrogen and oxygen atoms in total. The van der Waals surface area contributed by atoms with E-state index in [-0.39, 0.29) is 17.7 Å². The number of fused-ring (bicyclic) bond motifs is 2. The number of amides is 2. The van der Waals surface area contributed by atoms with Crippen molar-refractivity contribution in [1.82, 2.24) is 5.32 Å². The maximum atomic E-state index is 12.0. The van der Waals surface area contributed by atoms with Gasteiger partial charge in [0.25, 0.3) is 11.8 Å². The first-order valence-electron chi connectivity index (χ1n) is 6.51. The summed E-state index contributed by atoms with van der Waals surface area (Å²) in [5, 5.41) is 2.37. The van der Waals surface area contributed by atoms with Gasteiger partial charge in [-0.25, -0.2) is 0 Å². The molecule has 4 rings (SSSR count). The zero-order chi connectivity index (χ0) is 13.7. The van der Waals surface area contributed by atoms with Crippen molar-refractivity contribution in [3.63, 3.8) is 0 Å². The van der Waals surface area contributed by atoms with Crippen molar-refractivity contribution in [2.24, 2.45) is 0 Å². The molecule has 0 radical (unpaired) electrons. The zero-order valence-corrected chi connectivity index (χ0v) is 10.6. The number of imide groups is 1. The van der Waals surface area contributed by atoms with E-state index < -0.39 is 0 Å². The van der Waals surface area contributed by atoms with Gasteiger partial charge in [0.2, 0.25) is 0 Å². The van der Waals surface area contributed by atoms with E-state index in [1.807, 2.05) is 24.3 Å². The van der Waals surface area contributed by atoms with Gasteiger partial charge in [-0.3, -0.25) is 14.9 Å². The highest BCUT2D eigenvalue weighted by Crippen LogP contribution is 2.38. The van der Waals surface area contributed by atoms with Crippen molar-refractivity contribution in [2.75, 3.05) is 0 Å². The fraction of sp³-hybridized carbons (Fsp3) is 0.0588. The van der Waals surface area contributed by atoms with Crippen LogP contribution >= 0.6 is 0 Å². The summed E-state index contributed by atoms with van der Waals surface area (Å²) in [6.07, 6.45) is 4.14. The van der Waals surface area contributed by atoms with Gasteiger partial charge in [0, 0.05) is 5.92 Å². The topological polar surface area (TPSA) is 46.2 Å². The SMILES string of the molecule is O=C1NC(=O)c2c1cccc2C1C=Cc2ccccc21. The Morgan fingerprint density at radius 1 is 0.850 bits per heavy atom. The molecule has 2 aliphatic rings. The van der Waals surface area contributed by atoms with E-state index >= 15 is 0 Å². The third-order valence-corrected chi connectivity index (χ3v) is 3.93. The highest BCUT2D eigenvalue weighted by atomic mass is 16.2. The number of allylic oxidation sites excluding steroid dienone is 1. The normalized spacial score (nSPS) is 18.9. The minimum atomic E-state index is -0.304. The van der Waals surface area contributed by atoms with Crippen LogP contribution in [0.2, 0.25) is 0 Å². The Hall–Kier alpha value is -2.68. The van der Waals surface area contributed by atoms with Crippen LogP contribution in [0.5, 0.6) is 0 Å². The standard InChI is InChI=1S/C17H11NO2/c19-16-14-7-3-6-13(15(14)17(20)18-16)12-9-8-10-4-1-2-5-11(10)12/h1-9,12H,(H,18,19,20). The zero-order valence-electron chi connectivity index (χ0n) is 10.6. The predicted octanol–water partition coefficient (Wildman–Crippen LogP) is 2.73. The summed E-state index contributed by atoms with van der Waals surface area (Å²) in [5.74, 6) is -0.557. The summed E-state index contributed by atoms with van der Waals surface area (Å²) >= 11 is 0. The van der Waals surface area contributed by atoms with E-state index in [0.717, 1.165) is 5.56 Å². The Morgan fingerprint density at radius 3 is 2.55 bits per heavy atom. The third-order valence-electron chi connectivity index (χ3n) is 3.93. The summed E-state index contributed by atoms with van der Waals surface area (Å²) < 4.78 is 0. The highest BCUT2D eigenvalue weighted by Gasteiger charge is 2.32. The maximum absolute atomic E-state index is 12.0. The molecule has 0 spiro atoms. The molecule has 0 fully saturated rings. The first-order valence-corrected chi connectivity index (χ1v) is 6.51. The van der Waals surface area contributed by atoms with E-state index in [9.17, 15) is 9.59 Å². The first kappa shape index (κ1) is 11.2. The predicted molar refractivity (Wildman–Crippen MR) is 75.6 cm³/mol. The second-order valence-electron chi connectivity index (χ2n) is 5.02.